The van der Waals surface area contributed by atoms with Gasteiger partial charge in [0.25, 0.3) is 5.91 Å². The van der Waals surface area contributed by atoms with Gasteiger partial charge in [-0.25, -0.2) is 0 Å². The molecule has 1 aliphatic heterocycles. The average molecular weight is 219 g/mol. The number of fused-ring (bicyclic) bond motifs is 1. The molecule has 1 aliphatic rings. The Morgan fingerprint density at radius 2 is 2.12 bits per heavy atom. The Morgan fingerprint density at radius 3 is 2.88 bits per heavy atom. The number of hydrogen-bond acceptors (Lipinski definition) is 2. The second-order valence-corrected chi connectivity index (χ2v) is 4.58. The van der Waals surface area contributed by atoms with Gasteiger partial charge in [0.1, 0.15) is 0 Å². The van der Waals surface area contributed by atoms with Gasteiger partial charge in [0.2, 0.25) is 0 Å². The molecule has 1 amide bonds. The Hall–Kier alpha value is -1.35. The van der Waals surface area contributed by atoms with Crippen LogP contribution in [0.4, 0.5) is 0 Å². The van der Waals surface area contributed by atoms with Crippen molar-refractivity contribution in [3.8, 4) is 0 Å². The maximum atomic E-state index is 11.8. The fraction of sp³-hybridized carbons (Fsp3) is 0.462. The number of nitrogens with one attached hydrogen (secondary N) is 1. The highest BCUT2D eigenvalue weighted by molar-refractivity contribution is 5.94. The topological polar surface area (TPSA) is 38.3 Å². The smallest absolute Gasteiger partial charge is 0.251 e. The minimum atomic E-state index is 0.00315. The molecule has 3 heteroatoms. The Morgan fingerprint density at radius 1 is 1.38 bits per heavy atom. The Labute approximate surface area is 95.8 Å². The van der Waals surface area contributed by atoms with E-state index >= 15 is 0 Å². The highest BCUT2D eigenvalue weighted by atomic mass is 16.5. The van der Waals surface area contributed by atoms with Crippen molar-refractivity contribution in [3.05, 3.63) is 34.9 Å². The van der Waals surface area contributed by atoms with Crippen molar-refractivity contribution in [2.45, 2.75) is 27.1 Å². The second-order valence-electron chi connectivity index (χ2n) is 4.58. The zero-order chi connectivity index (χ0) is 11.5. The zero-order valence-electron chi connectivity index (χ0n) is 9.75. The summed E-state index contributed by atoms with van der Waals surface area (Å²) in [5, 5.41) is 2.91. The van der Waals surface area contributed by atoms with E-state index in [2.05, 4.69) is 19.2 Å². The van der Waals surface area contributed by atoms with Gasteiger partial charge >= 0.3 is 0 Å². The predicted octanol–water partition coefficient (Wildman–Crippen LogP) is 2.10. The van der Waals surface area contributed by atoms with Gasteiger partial charge < -0.3 is 10.1 Å². The van der Waals surface area contributed by atoms with Crippen LogP contribution in [0.15, 0.2) is 18.2 Å². The number of benzene rings is 1. The summed E-state index contributed by atoms with van der Waals surface area (Å²) in [4.78, 5) is 11.8. The van der Waals surface area contributed by atoms with Crippen molar-refractivity contribution in [2.75, 3.05) is 6.54 Å². The van der Waals surface area contributed by atoms with Crippen LogP contribution < -0.4 is 5.32 Å². The van der Waals surface area contributed by atoms with Crippen molar-refractivity contribution in [1.29, 1.82) is 0 Å². The van der Waals surface area contributed by atoms with E-state index < -0.39 is 0 Å². The van der Waals surface area contributed by atoms with E-state index in [0.717, 1.165) is 11.1 Å². The van der Waals surface area contributed by atoms with Crippen LogP contribution >= 0.6 is 0 Å². The normalized spacial score (nSPS) is 13.9. The number of carbonyl (C=O) groups is 1. The maximum Gasteiger partial charge on any atom is 0.251 e. The van der Waals surface area contributed by atoms with Gasteiger partial charge in [-0.05, 0) is 29.2 Å². The Balaban J connectivity index is 2.06. The van der Waals surface area contributed by atoms with E-state index in [-0.39, 0.29) is 5.91 Å². The zero-order valence-corrected chi connectivity index (χ0v) is 9.75. The summed E-state index contributed by atoms with van der Waals surface area (Å²) in [7, 11) is 0. The summed E-state index contributed by atoms with van der Waals surface area (Å²) < 4.78 is 5.32. The van der Waals surface area contributed by atoms with Gasteiger partial charge in [-0.1, -0.05) is 19.9 Å². The van der Waals surface area contributed by atoms with Crippen molar-refractivity contribution in [1.82, 2.24) is 5.32 Å². The molecule has 16 heavy (non-hydrogen) atoms. The summed E-state index contributed by atoms with van der Waals surface area (Å²) in [6.45, 7) is 6.17. The third-order valence-electron chi connectivity index (χ3n) is 2.65. The third kappa shape index (κ3) is 2.42. The summed E-state index contributed by atoms with van der Waals surface area (Å²) in [6.07, 6.45) is 0. The summed E-state index contributed by atoms with van der Waals surface area (Å²) in [5.41, 5.74) is 3.06. The highest BCUT2D eigenvalue weighted by Gasteiger charge is 2.14. The minimum Gasteiger partial charge on any atom is -0.372 e. The molecule has 0 fully saturated rings. The number of ether oxygens (including phenoxy) is 1. The predicted molar refractivity (Wildman–Crippen MR) is 62.1 cm³/mol. The molecule has 0 spiro atoms. The molecule has 0 atom stereocenters. The van der Waals surface area contributed by atoms with Crippen molar-refractivity contribution >= 4 is 5.91 Å². The molecular formula is C13H17NO2. The molecule has 1 aromatic carbocycles. The lowest BCUT2D eigenvalue weighted by Gasteiger charge is -2.08. The molecule has 0 bridgehead atoms. The van der Waals surface area contributed by atoms with Gasteiger partial charge in [-0.3, -0.25) is 4.79 Å². The van der Waals surface area contributed by atoms with Gasteiger partial charge in [0.15, 0.2) is 0 Å². The van der Waals surface area contributed by atoms with Crippen LogP contribution in [0.5, 0.6) is 0 Å². The number of hydrogen-bond donors (Lipinski definition) is 1. The fourth-order valence-electron chi connectivity index (χ4n) is 1.71. The fourth-order valence-corrected chi connectivity index (χ4v) is 1.71. The first-order chi connectivity index (χ1) is 7.66. The Kier molecular flexibility index (Phi) is 3.25. The van der Waals surface area contributed by atoms with Crippen LogP contribution in [0.25, 0.3) is 0 Å². The molecule has 0 saturated heterocycles. The molecule has 0 aromatic heterocycles. The lowest BCUT2D eigenvalue weighted by molar-refractivity contribution is 0.0949. The van der Waals surface area contributed by atoms with E-state index in [1.807, 2.05) is 18.2 Å². The standard InChI is InChI=1S/C13H17NO2/c1-9(2)6-14-13(15)10-3-4-11-7-16-8-12(11)5-10/h3-5,9H,6-8H2,1-2H3,(H,14,15). The highest BCUT2D eigenvalue weighted by Crippen LogP contribution is 2.20. The van der Waals surface area contributed by atoms with E-state index in [1.165, 1.54) is 5.56 Å². The van der Waals surface area contributed by atoms with Crippen LogP contribution in [-0.2, 0) is 18.0 Å². The van der Waals surface area contributed by atoms with Crippen LogP contribution in [-0.4, -0.2) is 12.5 Å². The first-order valence-electron chi connectivity index (χ1n) is 5.64. The number of rotatable bonds is 3. The minimum absolute atomic E-state index is 0.00315. The van der Waals surface area contributed by atoms with Gasteiger partial charge in [0.05, 0.1) is 13.2 Å². The third-order valence-corrected chi connectivity index (χ3v) is 2.65. The largest absolute Gasteiger partial charge is 0.372 e. The summed E-state index contributed by atoms with van der Waals surface area (Å²) in [5.74, 6) is 0.477. The molecule has 0 aliphatic carbocycles. The number of amides is 1. The first kappa shape index (κ1) is 11.1. The molecule has 1 N–H and O–H groups in total. The van der Waals surface area contributed by atoms with E-state index in [9.17, 15) is 4.79 Å². The first-order valence-corrected chi connectivity index (χ1v) is 5.64. The van der Waals surface area contributed by atoms with Crippen LogP contribution in [0.2, 0.25) is 0 Å². The maximum absolute atomic E-state index is 11.8. The van der Waals surface area contributed by atoms with Crippen LogP contribution in [0.1, 0.15) is 35.3 Å². The molecule has 0 unspecified atom stereocenters. The lowest BCUT2D eigenvalue weighted by atomic mass is 10.1. The molecule has 2 rings (SSSR count). The lowest BCUT2D eigenvalue weighted by Crippen LogP contribution is -2.27. The van der Waals surface area contributed by atoms with Crippen LogP contribution in [0, 0.1) is 5.92 Å². The number of carbonyl (C=O) groups excluding carboxylic acids is 1. The molecule has 1 heterocycles. The van der Waals surface area contributed by atoms with Crippen LogP contribution in [0.3, 0.4) is 0 Å². The van der Waals surface area contributed by atoms with Crippen molar-refractivity contribution < 1.29 is 9.53 Å². The van der Waals surface area contributed by atoms with E-state index in [4.69, 9.17) is 4.74 Å². The second kappa shape index (κ2) is 4.66. The van der Waals surface area contributed by atoms with Crippen molar-refractivity contribution in [3.63, 3.8) is 0 Å². The molecule has 0 radical (unpaired) electrons. The summed E-state index contributed by atoms with van der Waals surface area (Å²) >= 11 is 0. The van der Waals surface area contributed by atoms with Gasteiger partial charge in [0, 0.05) is 12.1 Å². The average Bonchev–Trinajstić information content (AvgIpc) is 2.72. The van der Waals surface area contributed by atoms with Crippen molar-refractivity contribution in [2.24, 2.45) is 5.92 Å². The SMILES string of the molecule is CC(C)CNC(=O)c1ccc2c(c1)COC2. The van der Waals surface area contributed by atoms with E-state index in [1.54, 1.807) is 0 Å². The van der Waals surface area contributed by atoms with Gasteiger partial charge in [-0.15, -0.1) is 0 Å². The van der Waals surface area contributed by atoms with E-state index in [0.29, 0.717) is 25.7 Å². The summed E-state index contributed by atoms with van der Waals surface area (Å²) in [6, 6.07) is 5.77. The monoisotopic (exact) mass is 219 g/mol. The van der Waals surface area contributed by atoms with Gasteiger partial charge in [-0.2, -0.15) is 0 Å². The molecule has 3 nitrogen and oxygen atoms in total. The molecule has 0 saturated carbocycles. The molecule has 1 aromatic rings. The molecule has 86 valence electrons. The molecular weight excluding hydrogens is 202 g/mol. The quantitative estimate of drug-likeness (QED) is 0.845. The Bertz CT molecular complexity index is 399.